The van der Waals surface area contributed by atoms with E-state index in [9.17, 15) is 36.4 Å². The fourth-order valence-corrected chi connectivity index (χ4v) is 5.28. The van der Waals surface area contributed by atoms with Gasteiger partial charge < -0.3 is 14.7 Å². The number of ether oxygens (including phenoxy) is 2. The molecule has 1 saturated heterocycles. The van der Waals surface area contributed by atoms with Gasteiger partial charge in [0.25, 0.3) is 16.3 Å². The minimum absolute atomic E-state index is 0.117. The van der Waals surface area contributed by atoms with Crippen LogP contribution in [0, 0.1) is 24.0 Å². The number of hydrogen-bond donors (Lipinski definition) is 1. The summed E-state index contributed by atoms with van der Waals surface area (Å²) in [5, 5.41) is 20.5. The van der Waals surface area contributed by atoms with E-state index in [-0.39, 0.29) is 52.8 Å². The summed E-state index contributed by atoms with van der Waals surface area (Å²) in [4.78, 5) is 28.6. The van der Waals surface area contributed by atoms with Crippen LogP contribution in [0.2, 0.25) is 0 Å². The molecule has 4 rings (SSSR count). The molecule has 14 nitrogen and oxygen atoms in total. The zero-order chi connectivity index (χ0) is 34.5. The SMILES string of the molecule is Cc1ccc(-c2cc(C(F)(F)F)nn2-c2ccc(S(=O)(=O)NC(=O)OCC3CCN(/[N+]([O-])=N/OC(C)OC(=O)C(C)C)C3)cc2)cc1. The minimum Gasteiger partial charge on any atom is -0.569 e. The molecule has 47 heavy (non-hydrogen) atoms. The molecule has 3 aromatic rings. The number of nitrogens with one attached hydrogen (secondary N) is 1. The molecule has 2 aromatic carbocycles. The van der Waals surface area contributed by atoms with Crippen molar-refractivity contribution in [2.75, 3.05) is 19.7 Å². The average Bonchev–Trinajstić information content (AvgIpc) is 3.67. The average molecular weight is 683 g/mol. The van der Waals surface area contributed by atoms with Crippen LogP contribution in [0.15, 0.2) is 64.8 Å². The standard InChI is InChI=1S/C29H33F3N6O8S/c1-18(2)27(39)45-20(4)46-35-38(41)36-14-13-21(16-36)17-44-28(40)34-47(42,43)24-11-9-23(10-12-24)37-25(15-26(33-37)29(30,31)32)22-7-5-19(3)6-8-22/h5-12,15,18,20-21H,13-14,16-17H2,1-4H3,(H,34,40)/b38-35-. The molecule has 0 radical (unpaired) electrons. The quantitative estimate of drug-likeness (QED) is 0.0960. The zero-order valence-electron chi connectivity index (χ0n) is 25.8. The molecule has 0 aliphatic carbocycles. The molecule has 1 aliphatic rings. The molecule has 254 valence electrons. The van der Waals surface area contributed by atoms with E-state index in [0.717, 1.165) is 28.4 Å². The Balaban J connectivity index is 1.34. The minimum atomic E-state index is -4.71. The molecule has 1 aromatic heterocycles. The van der Waals surface area contributed by atoms with E-state index >= 15 is 0 Å². The molecule has 0 saturated carbocycles. The number of benzene rings is 2. The first kappa shape index (κ1) is 35.0. The lowest BCUT2D eigenvalue weighted by molar-refractivity contribution is -0.710. The molecule has 2 atom stereocenters. The maximum Gasteiger partial charge on any atom is 0.435 e. The number of nitrogens with zero attached hydrogens (tertiary/aromatic N) is 5. The summed E-state index contributed by atoms with van der Waals surface area (Å²) in [6.07, 6.45) is -6.64. The fourth-order valence-electron chi connectivity index (χ4n) is 4.39. The number of amides is 1. The second-order valence-corrected chi connectivity index (χ2v) is 12.7. The smallest absolute Gasteiger partial charge is 0.435 e. The number of sulfonamides is 1. The topological polar surface area (TPSA) is 167 Å². The molecule has 0 bridgehead atoms. The van der Waals surface area contributed by atoms with Crippen LogP contribution >= 0.6 is 0 Å². The van der Waals surface area contributed by atoms with Crippen molar-refractivity contribution in [3.63, 3.8) is 0 Å². The highest BCUT2D eigenvalue weighted by molar-refractivity contribution is 7.90. The molecule has 1 N–H and O–H groups in total. The Morgan fingerprint density at radius 2 is 1.79 bits per heavy atom. The maximum absolute atomic E-state index is 13.5. The van der Waals surface area contributed by atoms with Crippen LogP contribution in [0.3, 0.4) is 0 Å². The van der Waals surface area contributed by atoms with Crippen LogP contribution in [-0.4, -0.2) is 66.2 Å². The third-order valence-corrected chi connectivity index (χ3v) is 8.26. The Hall–Kier alpha value is -4.87. The van der Waals surface area contributed by atoms with E-state index in [1.54, 1.807) is 42.8 Å². The molecule has 1 amide bonds. The van der Waals surface area contributed by atoms with Gasteiger partial charge in [-0.25, -0.2) is 22.6 Å². The lowest BCUT2D eigenvalue weighted by atomic mass is 10.1. The molecular weight excluding hydrogens is 649 g/mol. The van der Waals surface area contributed by atoms with Crippen molar-refractivity contribution in [2.24, 2.45) is 17.1 Å². The van der Waals surface area contributed by atoms with E-state index in [4.69, 9.17) is 14.3 Å². The number of aromatic nitrogens is 2. The second-order valence-electron chi connectivity index (χ2n) is 11.1. The van der Waals surface area contributed by atoms with E-state index < -0.39 is 40.2 Å². The van der Waals surface area contributed by atoms with Crippen molar-refractivity contribution < 1.29 is 50.5 Å². The maximum atomic E-state index is 13.5. The van der Waals surface area contributed by atoms with Gasteiger partial charge in [0.1, 0.15) is 0 Å². The van der Waals surface area contributed by atoms with Crippen LogP contribution in [0.1, 0.15) is 38.4 Å². The molecule has 0 spiro atoms. The molecule has 1 fully saturated rings. The van der Waals surface area contributed by atoms with Gasteiger partial charge in [-0.2, -0.15) is 18.3 Å². The highest BCUT2D eigenvalue weighted by Crippen LogP contribution is 2.33. The Bertz CT molecular complexity index is 1710. The van der Waals surface area contributed by atoms with Gasteiger partial charge in [0.05, 0.1) is 46.9 Å². The Morgan fingerprint density at radius 3 is 2.40 bits per heavy atom. The predicted molar refractivity (Wildman–Crippen MR) is 158 cm³/mol. The van der Waals surface area contributed by atoms with Gasteiger partial charge in [-0.1, -0.05) is 43.7 Å². The van der Waals surface area contributed by atoms with E-state index in [0.29, 0.717) is 12.0 Å². The third-order valence-electron chi connectivity index (χ3n) is 6.93. The number of hydrazine groups is 1. The molecule has 2 unspecified atom stereocenters. The highest BCUT2D eigenvalue weighted by atomic mass is 32.2. The predicted octanol–water partition coefficient (Wildman–Crippen LogP) is 4.96. The van der Waals surface area contributed by atoms with Crippen molar-refractivity contribution in [3.05, 3.63) is 71.1 Å². The van der Waals surface area contributed by atoms with Crippen LogP contribution in [0.5, 0.6) is 0 Å². The van der Waals surface area contributed by atoms with Gasteiger partial charge in [0.15, 0.2) is 5.69 Å². The first-order valence-electron chi connectivity index (χ1n) is 14.4. The van der Waals surface area contributed by atoms with Gasteiger partial charge in [0, 0.05) is 18.4 Å². The monoisotopic (exact) mass is 682 g/mol. The number of carbonyl (C=O) groups is 2. The first-order chi connectivity index (χ1) is 22.0. The van der Waals surface area contributed by atoms with Crippen LogP contribution in [-0.2, 0) is 35.3 Å². The number of hydrogen-bond acceptors (Lipinski definition) is 10. The van der Waals surface area contributed by atoms with Crippen molar-refractivity contribution in [2.45, 2.75) is 51.5 Å². The Kier molecular flexibility index (Phi) is 10.6. The van der Waals surface area contributed by atoms with Gasteiger partial charge in [-0.15, -0.1) is 5.01 Å². The van der Waals surface area contributed by atoms with Gasteiger partial charge in [-0.05, 0) is 43.7 Å². The largest absolute Gasteiger partial charge is 0.569 e. The van der Waals surface area contributed by atoms with Crippen molar-refractivity contribution in [1.82, 2.24) is 19.5 Å². The summed E-state index contributed by atoms with van der Waals surface area (Å²) < 4.78 is 79.0. The number of carbonyl (C=O) groups excluding carboxylic acids is 2. The summed E-state index contributed by atoms with van der Waals surface area (Å²) in [7, 11) is -4.41. The van der Waals surface area contributed by atoms with Crippen LogP contribution in [0.25, 0.3) is 16.9 Å². The zero-order valence-corrected chi connectivity index (χ0v) is 26.6. The number of rotatable bonds is 11. The first-order valence-corrected chi connectivity index (χ1v) is 15.9. The van der Waals surface area contributed by atoms with Crippen molar-refractivity contribution in [1.29, 1.82) is 0 Å². The summed E-state index contributed by atoms with van der Waals surface area (Å²) in [6.45, 7) is 6.65. The van der Waals surface area contributed by atoms with Gasteiger partial charge in [0.2, 0.25) is 5.28 Å². The summed E-state index contributed by atoms with van der Waals surface area (Å²) in [6, 6.07) is 12.4. The lowest BCUT2D eigenvalue weighted by Gasteiger charge is -2.15. The van der Waals surface area contributed by atoms with E-state index in [1.807, 2.05) is 6.92 Å². The Morgan fingerprint density at radius 1 is 1.13 bits per heavy atom. The summed E-state index contributed by atoms with van der Waals surface area (Å²) in [5.74, 6) is -1.24. The number of aryl methyl sites for hydroxylation is 1. The molecular formula is C29H33F3N6O8S. The van der Waals surface area contributed by atoms with Crippen LogP contribution < -0.4 is 4.72 Å². The summed E-state index contributed by atoms with van der Waals surface area (Å²) in [5.41, 5.74) is 0.548. The van der Waals surface area contributed by atoms with Crippen molar-refractivity contribution >= 4 is 22.1 Å². The van der Waals surface area contributed by atoms with Gasteiger partial charge in [-0.3, -0.25) is 9.63 Å². The Labute approximate surface area is 268 Å². The summed E-state index contributed by atoms with van der Waals surface area (Å²) >= 11 is 0. The van der Waals surface area contributed by atoms with E-state index in [1.165, 1.54) is 24.1 Å². The number of alkyl halides is 3. The molecule has 18 heteroatoms. The number of esters is 1. The van der Waals surface area contributed by atoms with Crippen molar-refractivity contribution in [3.8, 4) is 16.9 Å². The second kappa shape index (κ2) is 14.3. The van der Waals surface area contributed by atoms with Gasteiger partial charge >= 0.3 is 18.2 Å². The number of halogens is 3. The fraction of sp³-hybridized carbons (Fsp3) is 0.414. The third kappa shape index (κ3) is 9.11. The molecule has 2 heterocycles. The molecule has 1 aliphatic heterocycles. The van der Waals surface area contributed by atoms with Crippen LogP contribution in [0.4, 0.5) is 18.0 Å². The lowest BCUT2D eigenvalue weighted by Crippen LogP contribution is -2.33. The van der Waals surface area contributed by atoms with E-state index in [2.05, 4.69) is 10.4 Å². The highest BCUT2D eigenvalue weighted by Gasteiger charge is 2.35. The normalized spacial score (nSPS) is 16.2.